The Balaban J connectivity index is 1.69. The van der Waals surface area contributed by atoms with Gasteiger partial charge in [0, 0.05) is 19.1 Å². The molecule has 0 spiro atoms. The highest BCUT2D eigenvalue weighted by Gasteiger charge is 2.33. The van der Waals surface area contributed by atoms with E-state index in [1.54, 1.807) is 4.90 Å². The minimum atomic E-state index is -4.51. The van der Waals surface area contributed by atoms with Gasteiger partial charge in [-0.1, -0.05) is 12.7 Å². The Morgan fingerprint density at radius 2 is 1.96 bits per heavy atom. The number of halogens is 3. The first-order chi connectivity index (χ1) is 12.9. The van der Waals surface area contributed by atoms with Gasteiger partial charge in [0.05, 0.1) is 11.1 Å². The summed E-state index contributed by atoms with van der Waals surface area (Å²) in [6.07, 6.45) is 1.16. The van der Waals surface area contributed by atoms with Crippen LogP contribution in [0.15, 0.2) is 30.9 Å². The van der Waals surface area contributed by atoms with Crippen molar-refractivity contribution in [2.45, 2.75) is 37.9 Å². The van der Waals surface area contributed by atoms with Gasteiger partial charge in [-0.25, -0.2) is 0 Å². The number of carbonyl (C=O) groups is 1. The zero-order valence-corrected chi connectivity index (χ0v) is 15.2. The summed E-state index contributed by atoms with van der Waals surface area (Å²) in [5, 5.41) is 3.53. The number of ether oxygens (including phenoxy) is 1. The minimum absolute atomic E-state index is 0.0453. The van der Waals surface area contributed by atoms with Gasteiger partial charge in [0.25, 0.3) is 5.91 Å². The normalized spacial score (nSPS) is 18.4. The molecule has 1 heterocycles. The maximum absolute atomic E-state index is 13.1. The maximum atomic E-state index is 13.1. The summed E-state index contributed by atoms with van der Waals surface area (Å²) in [6, 6.07) is 3.40. The molecule has 1 amide bonds. The molecule has 0 aromatic heterocycles. The largest absolute Gasteiger partial charge is 0.489 e. The summed E-state index contributed by atoms with van der Waals surface area (Å²) in [5.41, 5.74) is -0.895. The van der Waals surface area contributed by atoms with Crippen LogP contribution in [-0.2, 0) is 6.18 Å². The van der Waals surface area contributed by atoms with Crippen molar-refractivity contribution in [3.8, 4) is 5.75 Å². The molecule has 0 radical (unpaired) electrons. The van der Waals surface area contributed by atoms with E-state index in [1.807, 2.05) is 0 Å². The molecule has 27 heavy (non-hydrogen) atoms. The molecule has 0 bridgehead atoms. The molecule has 1 N–H and O–H groups in total. The van der Waals surface area contributed by atoms with Crippen molar-refractivity contribution < 1.29 is 22.7 Å². The van der Waals surface area contributed by atoms with Crippen molar-refractivity contribution in [3.05, 3.63) is 42.0 Å². The van der Waals surface area contributed by atoms with E-state index in [2.05, 4.69) is 11.9 Å². The second-order valence-corrected chi connectivity index (χ2v) is 7.23. The summed E-state index contributed by atoms with van der Waals surface area (Å²) in [5.74, 6) is 0.530. The van der Waals surface area contributed by atoms with Gasteiger partial charge in [0.1, 0.15) is 12.4 Å². The molecule has 1 aromatic carbocycles. The molecular weight excluding hydrogens is 357 g/mol. The lowest BCUT2D eigenvalue weighted by molar-refractivity contribution is -0.137. The Morgan fingerprint density at radius 1 is 1.26 bits per heavy atom. The van der Waals surface area contributed by atoms with Crippen molar-refractivity contribution in [2.24, 2.45) is 5.92 Å². The first-order valence-electron chi connectivity index (χ1n) is 9.36. The van der Waals surface area contributed by atoms with Crippen LogP contribution in [0.2, 0.25) is 0 Å². The van der Waals surface area contributed by atoms with Crippen LogP contribution in [0.1, 0.15) is 41.6 Å². The van der Waals surface area contributed by atoms with Gasteiger partial charge in [0.2, 0.25) is 0 Å². The molecule has 3 rings (SSSR count). The van der Waals surface area contributed by atoms with E-state index in [-0.39, 0.29) is 17.9 Å². The number of nitrogens with one attached hydrogen (secondary N) is 1. The number of alkyl halides is 3. The summed E-state index contributed by atoms with van der Waals surface area (Å²) in [6.45, 7) is 5.73. The van der Waals surface area contributed by atoms with Crippen molar-refractivity contribution in [1.82, 2.24) is 10.2 Å². The van der Waals surface area contributed by atoms with Crippen LogP contribution in [0.4, 0.5) is 13.2 Å². The fourth-order valence-corrected chi connectivity index (χ4v) is 3.26. The standard InChI is InChI=1S/C20H25F3N2O2/c1-2-11-27-18-6-5-15(20(21,22)23)12-17(18)19(26)25-9-7-16(8-10-25)24-13-14-3-4-14/h2,5-6,12,14,16,24H,1,3-4,7-11,13H2. The molecule has 1 aliphatic heterocycles. The summed E-state index contributed by atoms with van der Waals surface area (Å²) in [7, 11) is 0. The second kappa shape index (κ2) is 8.33. The number of hydrogen-bond donors (Lipinski definition) is 1. The SMILES string of the molecule is C=CCOc1ccc(C(F)(F)F)cc1C(=O)N1CCC(NCC2CC2)CC1. The number of rotatable bonds is 7. The van der Waals surface area contributed by atoms with E-state index in [9.17, 15) is 18.0 Å². The Labute approximate surface area is 157 Å². The van der Waals surface area contributed by atoms with Crippen LogP contribution < -0.4 is 10.1 Å². The Morgan fingerprint density at radius 3 is 2.56 bits per heavy atom. The molecule has 7 heteroatoms. The van der Waals surface area contributed by atoms with Gasteiger partial charge in [-0.05, 0) is 56.3 Å². The van der Waals surface area contributed by atoms with Gasteiger partial charge < -0.3 is 15.0 Å². The van der Waals surface area contributed by atoms with Crippen LogP contribution in [0.3, 0.4) is 0 Å². The predicted octanol–water partition coefficient (Wildman–Crippen LogP) is 3.87. The van der Waals surface area contributed by atoms with E-state index >= 15 is 0 Å². The predicted molar refractivity (Wildman–Crippen MR) is 96.8 cm³/mol. The van der Waals surface area contributed by atoms with E-state index in [0.717, 1.165) is 37.4 Å². The molecule has 2 aliphatic rings. The smallest absolute Gasteiger partial charge is 0.416 e. The average molecular weight is 382 g/mol. The second-order valence-electron chi connectivity index (χ2n) is 7.23. The van der Waals surface area contributed by atoms with Gasteiger partial charge in [-0.2, -0.15) is 13.2 Å². The van der Waals surface area contributed by atoms with Gasteiger partial charge in [-0.3, -0.25) is 4.79 Å². The Kier molecular flexibility index (Phi) is 6.09. The zero-order valence-electron chi connectivity index (χ0n) is 15.2. The quantitative estimate of drug-likeness (QED) is 0.728. The van der Waals surface area contributed by atoms with Crippen molar-refractivity contribution >= 4 is 5.91 Å². The Hall–Kier alpha value is -2.02. The molecule has 2 fully saturated rings. The monoisotopic (exact) mass is 382 g/mol. The third kappa shape index (κ3) is 5.25. The van der Waals surface area contributed by atoms with Crippen LogP contribution >= 0.6 is 0 Å². The molecule has 1 saturated heterocycles. The van der Waals surface area contributed by atoms with Gasteiger partial charge in [-0.15, -0.1) is 0 Å². The summed E-state index contributed by atoms with van der Waals surface area (Å²) in [4.78, 5) is 14.5. The summed E-state index contributed by atoms with van der Waals surface area (Å²) < 4.78 is 44.6. The molecule has 0 atom stereocenters. The third-order valence-electron chi connectivity index (χ3n) is 5.07. The molecule has 148 valence electrons. The molecular formula is C20H25F3N2O2. The van der Waals surface area contributed by atoms with Crippen molar-refractivity contribution in [2.75, 3.05) is 26.2 Å². The van der Waals surface area contributed by atoms with E-state index in [1.165, 1.54) is 25.0 Å². The van der Waals surface area contributed by atoms with Crippen molar-refractivity contribution in [3.63, 3.8) is 0 Å². The lowest BCUT2D eigenvalue weighted by Gasteiger charge is -2.33. The number of carbonyl (C=O) groups excluding carboxylic acids is 1. The number of benzene rings is 1. The number of likely N-dealkylation sites (tertiary alicyclic amines) is 1. The summed E-state index contributed by atoms with van der Waals surface area (Å²) >= 11 is 0. The van der Waals surface area contributed by atoms with Crippen LogP contribution in [0, 0.1) is 5.92 Å². The molecule has 1 aromatic rings. The topological polar surface area (TPSA) is 41.6 Å². The highest BCUT2D eigenvalue weighted by atomic mass is 19.4. The van der Waals surface area contributed by atoms with E-state index in [4.69, 9.17) is 4.74 Å². The van der Waals surface area contributed by atoms with Crippen molar-refractivity contribution in [1.29, 1.82) is 0 Å². The molecule has 1 aliphatic carbocycles. The molecule has 4 nitrogen and oxygen atoms in total. The number of piperidine rings is 1. The number of hydrogen-bond acceptors (Lipinski definition) is 3. The van der Waals surface area contributed by atoms with Crippen LogP contribution in [-0.4, -0.2) is 43.1 Å². The minimum Gasteiger partial charge on any atom is -0.489 e. The number of amides is 1. The lowest BCUT2D eigenvalue weighted by Crippen LogP contribution is -2.45. The lowest BCUT2D eigenvalue weighted by atomic mass is 10.0. The zero-order chi connectivity index (χ0) is 19.4. The highest BCUT2D eigenvalue weighted by molar-refractivity contribution is 5.97. The first kappa shape index (κ1) is 19.7. The first-order valence-corrected chi connectivity index (χ1v) is 9.36. The average Bonchev–Trinajstić information content (AvgIpc) is 3.48. The molecule has 0 unspecified atom stereocenters. The van der Waals surface area contributed by atoms with Crippen LogP contribution in [0.5, 0.6) is 5.75 Å². The number of nitrogens with zero attached hydrogens (tertiary/aromatic N) is 1. The maximum Gasteiger partial charge on any atom is 0.416 e. The third-order valence-corrected chi connectivity index (χ3v) is 5.07. The fraction of sp³-hybridized carbons (Fsp3) is 0.550. The van der Waals surface area contributed by atoms with Gasteiger partial charge in [0.15, 0.2) is 0 Å². The highest BCUT2D eigenvalue weighted by Crippen LogP contribution is 2.33. The molecule has 1 saturated carbocycles. The van der Waals surface area contributed by atoms with E-state index < -0.39 is 17.6 Å². The van der Waals surface area contributed by atoms with Gasteiger partial charge >= 0.3 is 6.18 Å². The van der Waals surface area contributed by atoms with E-state index in [0.29, 0.717) is 19.1 Å². The van der Waals surface area contributed by atoms with Crippen LogP contribution in [0.25, 0.3) is 0 Å². The Bertz CT molecular complexity index is 678. The fourth-order valence-electron chi connectivity index (χ4n) is 3.26.